The van der Waals surface area contributed by atoms with Gasteiger partial charge in [-0.2, -0.15) is 0 Å². The predicted molar refractivity (Wildman–Crippen MR) is 252 cm³/mol. The summed E-state index contributed by atoms with van der Waals surface area (Å²) in [4.78, 5) is 11.0. The Morgan fingerprint density at radius 1 is 0.344 bits per heavy atom. The minimum absolute atomic E-state index is 0.646. The molecule has 282 valence electrons. The van der Waals surface area contributed by atoms with Crippen LogP contribution in [-0.2, 0) is 0 Å². The average molecular weight is 776 g/mol. The van der Waals surface area contributed by atoms with Crippen LogP contribution in [0.3, 0.4) is 0 Å². The highest BCUT2D eigenvalue weighted by atomic mass is 15.2. The molecule has 13 aromatic rings. The summed E-state index contributed by atoms with van der Waals surface area (Å²) >= 11 is 0. The molecule has 5 heteroatoms. The molecular formula is C56H33N5. The fourth-order valence-corrected chi connectivity index (χ4v) is 10.5. The molecule has 1 aliphatic heterocycles. The van der Waals surface area contributed by atoms with Crippen LogP contribution in [0.25, 0.3) is 127 Å². The van der Waals surface area contributed by atoms with Gasteiger partial charge < -0.3 is 9.13 Å². The summed E-state index contributed by atoms with van der Waals surface area (Å²) in [7, 11) is 0. The summed E-state index contributed by atoms with van der Waals surface area (Å²) in [5, 5.41) is 8.19. The molecule has 1 aliphatic rings. The summed E-state index contributed by atoms with van der Waals surface area (Å²) in [5.74, 6) is 0.646. The normalized spacial score (nSPS) is 12.3. The Labute approximate surface area is 349 Å². The van der Waals surface area contributed by atoms with Crippen molar-refractivity contribution >= 4 is 76.3 Å². The van der Waals surface area contributed by atoms with Crippen molar-refractivity contribution in [2.45, 2.75) is 0 Å². The van der Waals surface area contributed by atoms with E-state index in [1.54, 1.807) is 0 Å². The Morgan fingerprint density at radius 3 is 1.74 bits per heavy atom. The van der Waals surface area contributed by atoms with E-state index in [-0.39, 0.29) is 0 Å². The molecule has 0 radical (unpaired) electrons. The third kappa shape index (κ3) is 4.39. The molecule has 0 amide bonds. The van der Waals surface area contributed by atoms with Gasteiger partial charge in [0.15, 0.2) is 0 Å². The first-order valence-electron chi connectivity index (χ1n) is 20.8. The molecule has 5 heterocycles. The highest BCUT2D eigenvalue weighted by Gasteiger charge is 2.29. The smallest absolute Gasteiger partial charge is 0.235 e. The van der Waals surface area contributed by atoms with Gasteiger partial charge in [-0.15, -0.1) is 0 Å². The zero-order chi connectivity index (χ0) is 39.8. The first-order chi connectivity index (χ1) is 30.3. The fraction of sp³-hybridized carbons (Fsp3) is 0. The fourth-order valence-electron chi connectivity index (χ4n) is 10.5. The van der Waals surface area contributed by atoms with E-state index < -0.39 is 0 Å². The molecule has 61 heavy (non-hydrogen) atoms. The Balaban J connectivity index is 1.10. The van der Waals surface area contributed by atoms with Crippen molar-refractivity contribution in [2.24, 2.45) is 0 Å². The second kappa shape index (κ2) is 12.1. The van der Waals surface area contributed by atoms with E-state index >= 15 is 0 Å². The molecule has 0 aliphatic carbocycles. The maximum atomic E-state index is 5.62. The number of benzene rings is 9. The van der Waals surface area contributed by atoms with Gasteiger partial charge >= 0.3 is 0 Å². The minimum atomic E-state index is 0.646. The lowest BCUT2D eigenvalue weighted by molar-refractivity contribution is 1.01. The molecular weight excluding hydrogens is 743 g/mol. The van der Waals surface area contributed by atoms with E-state index in [1.165, 1.54) is 76.8 Å². The second-order valence-corrected chi connectivity index (χ2v) is 16.1. The zero-order valence-corrected chi connectivity index (χ0v) is 32.8. The quantitative estimate of drug-likeness (QED) is 0.179. The lowest BCUT2D eigenvalue weighted by Gasteiger charge is -2.13. The number of aromatic nitrogens is 5. The van der Waals surface area contributed by atoms with E-state index in [0.29, 0.717) is 5.95 Å². The Morgan fingerprint density at radius 2 is 0.934 bits per heavy atom. The molecule has 0 saturated carbocycles. The SMILES string of the molecule is c1ccc(-n2c3ccccc3c3cc(-c4nc(-n5c6ccccc6c6c7c8c(cc65)c5ccccc5n8-c5ccccc5-c5ccccc5-7)nc5ccccc45)ccc32)cc1. The largest absolute Gasteiger partial charge is 0.309 e. The van der Waals surface area contributed by atoms with Gasteiger partial charge in [-0.1, -0.05) is 140 Å². The van der Waals surface area contributed by atoms with Crippen molar-refractivity contribution in [3.8, 4) is 50.8 Å². The summed E-state index contributed by atoms with van der Waals surface area (Å²) in [5.41, 5.74) is 17.0. The number of nitrogens with zero attached hydrogens (tertiary/aromatic N) is 5. The van der Waals surface area contributed by atoms with Crippen LogP contribution >= 0.6 is 0 Å². The van der Waals surface area contributed by atoms with Crippen LogP contribution in [-0.4, -0.2) is 23.7 Å². The topological polar surface area (TPSA) is 40.6 Å². The van der Waals surface area contributed by atoms with Crippen LogP contribution in [0, 0.1) is 0 Å². The van der Waals surface area contributed by atoms with E-state index in [9.17, 15) is 0 Å². The van der Waals surface area contributed by atoms with E-state index in [0.717, 1.165) is 44.4 Å². The number of fused-ring (bicyclic) bond motifs is 16. The van der Waals surface area contributed by atoms with E-state index in [2.05, 4.69) is 214 Å². The van der Waals surface area contributed by atoms with Crippen LogP contribution < -0.4 is 0 Å². The molecule has 0 N–H and O–H groups in total. The molecule has 0 bridgehead atoms. The molecule has 9 aromatic carbocycles. The molecule has 0 atom stereocenters. The minimum Gasteiger partial charge on any atom is -0.309 e. The van der Waals surface area contributed by atoms with E-state index in [4.69, 9.17) is 9.97 Å². The van der Waals surface area contributed by atoms with Crippen molar-refractivity contribution in [1.29, 1.82) is 0 Å². The van der Waals surface area contributed by atoms with Gasteiger partial charge in [-0.25, -0.2) is 9.97 Å². The summed E-state index contributed by atoms with van der Waals surface area (Å²) in [6.45, 7) is 0. The van der Waals surface area contributed by atoms with Gasteiger partial charge in [-0.3, -0.25) is 4.57 Å². The van der Waals surface area contributed by atoms with Gasteiger partial charge in [0, 0.05) is 60.1 Å². The third-order valence-electron chi connectivity index (χ3n) is 13.0. The van der Waals surface area contributed by atoms with Crippen LogP contribution in [0.1, 0.15) is 0 Å². The van der Waals surface area contributed by atoms with Gasteiger partial charge in [-0.05, 0) is 71.8 Å². The lowest BCUT2D eigenvalue weighted by atomic mass is 9.91. The maximum absolute atomic E-state index is 5.62. The van der Waals surface area contributed by atoms with Crippen LogP contribution in [0.5, 0.6) is 0 Å². The molecule has 5 nitrogen and oxygen atoms in total. The molecule has 0 spiro atoms. The van der Waals surface area contributed by atoms with E-state index in [1.807, 2.05) is 0 Å². The number of hydrogen-bond donors (Lipinski definition) is 0. The Bertz CT molecular complexity index is 4000. The van der Waals surface area contributed by atoms with Gasteiger partial charge in [0.25, 0.3) is 0 Å². The zero-order valence-electron chi connectivity index (χ0n) is 32.8. The number of hydrogen-bond acceptors (Lipinski definition) is 2. The number of para-hydroxylation sites is 6. The molecule has 14 rings (SSSR count). The standard InChI is InChI=1S/C56H33N5/c1-2-16-35(17-3-1)59-46-26-12-8-20-38(46)43-32-34(30-31-50(43)59)54-41-23-6-11-25-45(41)57-56(58-54)61-49-29-15-10-24-42(49)52-51(61)33-44-39-21-9-14-28-48(39)60-47-27-13-7-19-37(47)36-18-4-5-22-40(36)53(52)55(44)60/h1-33H. The molecule has 0 unspecified atom stereocenters. The average Bonchev–Trinajstić information content (AvgIpc) is 3.93. The first kappa shape index (κ1) is 32.7. The Hall–Kier alpha value is -8.28. The monoisotopic (exact) mass is 775 g/mol. The van der Waals surface area contributed by atoms with Crippen molar-refractivity contribution in [3.05, 3.63) is 200 Å². The number of rotatable bonds is 3. The van der Waals surface area contributed by atoms with Crippen molar-refractivity contribution in [3.63, 3.8) is 0 Å². The molecule has 0 saturated heterocycles. The van der Waals surface area contributed by atoms with Crippen molar-refractivity contribution in [2.75, 3.05) is 0 Å². The van der Waals surface area contributed by atoms with Crippen LogP contribution in [0.2, 0.25) is 0 Å². The summed E-state index contributed by atoms with van der Waals surface area (Å²) in [6.07, 6.45) is 0. The van der Waals surface area contributed by atoms with Gasteiger partial charge in [0.05, 0.1) is 50.0 Å². The lowest BCUT2D eigenvalue weighted by Crippen LogP contribution is -2.03. The van der Waals surface area contributed by atoms with Crippen LogP contribution in [0.15, 0.2) is 200 Å². The first-order valence-corrected chi connectivity index (χ1v) is 20.8. The third-order valence-corrected chi connectivity index (χ3v) is 13.0. The summed E-state index contributed by atoms with van der Waals surface area (Å²) in [6, 6.07) is 72.3. The maximum Gasteiger partial charge on any atom is 0.235 e. The van der Waals surface area contributed by atoms with Crippen molar-refractivity contribution < 1.29 is 0 Å². The van der Waals surface area contributed by atoms with Crippen molar-refractivity contribution in [1.82, 2.24) is 23.7 Å². The molecule has 4 aromatic heterocycles. The highest BCUT2D eigenvalue weighted by molar-refractivity contribution is 6.28. The summed E-state index contributed by atoms with van der Waals surface area (Å²) < 4.78 is 7.17. The second-order valence-electron chi connectivity index (χ2n) is 16.1. The van der Waals surface area contributed by atoms with Crippen LogP contribution in [0.4, 0.5) is 0 Å². The predicted octanol–water partition coefficient (Wildman–Crippen LogP) is 14.2. The highest BCUT2D eigenvalue weighted by Crippen LogP contribution is 2.51. The molecule has 0 fully saturated rings. The van der Waals surface area contributed by atoms with Gasteiger partial charge in [0.1, 0.15) is 0 Å². The van der Waals surface area contributed by atoms with Gasteiger partial charge in [0.2, 0.25) is 5.95 Å². The Kier molecular flexibility index (Phi) is 6.49.